The van der Waals surface area contributed by atoms with Gasteiger partial charge in [-0.1, -0.05) is 24.7 Å². The molecule has 1 heterocycles. The number of anilines is 2. The fourth-order valence-electron chi connectivity index (χ4n) is 4.99. The van der Waals surface area contributed by atoms with Crippen LogP contribution in [0.15, 0.2) is 46.6 Å². The minimum atomic E-state index is -0.467. The first kappa shape index (κ1) is 40.9. The van der Waals surface area contributed by atoms with E-state index in [-0.39, 0.29) is 42.4 Å². The molecule has 1 aromatic heterocycles. The lowest BCUT2D eigenvalue weighted by molar-refractivity contribution is -0.384. The largest absolute Gasteiger partial charge is 0.382 e. The number of thiazole rings is 1. The number of carbonyl (C=O) groups is 3. The van der Waals surface area contributed by atoms with Gasteiger partial charge < -0.3 is 30.3 Å². The smallest absolute Gasteiger partial charge is 0.270 e. The molecule has 0 fully saturated rings. The quantitative estimate of drug-likeness (QED) is 0.0385. The van der Waals surface area contributed by atoms with E-state index >= 15 is 0 Å². The molecule has 1 atom stereocenters. The molecular formula is C35H50N8O7S. The predicted molar refractivity (Wildman–Crippen MR) is 199 cm³/mol. The number of ether oxygens (including phenoxy) is 2. The molecule has 0 aliphatic rings. The van der Waals surface area contributed by atoms with E-state index in [0.29, 0.717) is 52.8 Å². The summed E-state index contributed by atoms with van der Waals surface area (Å²) >= 11 is 1.17. The third-order valence-corrected chi connectivity index (χ3v) is 8.66. The number of nitro groups is 1. The Bertz CT molecular complexity index is 1610. The van der Waals surface area contributed by atoms with Crippen LogP contribution >= 0.6 is 11.3 Å². The monoisotopic (exact) mass is 726 g/mol. The highest BCUT2D eigenvalue weighted by atomic mass is 32.1. The first-order chi connectivity index (χ1) is 24.6. The maximum Gasteiger partial charge on any atom is 0.270 e. The van der Waals surface area contributed by atoms with Gasteiger partial charge in [0.25, 0.3) is 5.69 Å². The highest BCUT2D eigenvalue weighted by Gasteiger charge is 2.14. The molecule has 278 valence electrons. The molecule has 2 aromatic carbocycles. The topological polar surface area (TPSA) is 190 Å². The van der Waals surface area contributed by atoms with Crippen LogP contribution in [-0.2, 0) is 23.9 Å². The molecule has 1 unspecified atom stereocenters. The number of hydrogen-bond donors (Lipinski definition) is 3. The summed E-state index contributed by atoms with van der Waals surface area (Å²) in [6.45, 7) is 4.50. The fraction of sp³-hybridized carbons (Fsp3) is 0.543. The van der Waals surface area contributed by atoms with Gasteiger partial charge in [0, 0.05) is 78.0 Å². The Balaban J connectivity index is 1.35. The zero-order valence-electron chi connectivity index (χ0n) is 29.9. The lowest BCUT2D eigenvalue weighted by atomic mass is 10.1. The summed E-state index contributed by atoms with van der Waals surface area (Å²) in [5.74, 6) is -0.546. The fourth-order valence-corrected chi connectivity index (χ4v) is 5.81. The number of aromatic nitrogens is 1. The van der Waals surface area contributed by atoms with Crippen LogP contribution in [0.4, 0.5) is 27.9 Å². The van der Waals surface area contributed by atoms with Crippen molar-refractivity contribution >= 4 is 67.2 Å². The normalized spacial score (nSPS) is 11.8. The number of nitrogens with one attached hydrogen (secondary N) is 3. The Labute approximate surface area is 302 Å². The first-order valence-electron chi connectivity index (χ1n) is 17.3. The zero-order chi connectivity index (χ0) is 37.0. The molecule has 0 bridgehead atoms. The number of unbranched alkanes of at least 4 members (excludes halogenated alkanes) is 3. The van der Waals surface area contributed by atoms with E-state index < -0.39 is 4.92 Å². The van der Waals surface area contributed by atoms with E-state index in [4.69, 9.17) is 9.47 Å². The van der Waals surface area contributed by atoms with Gasteiger partial charge in [-0.3, -0.25) is 24.5 Å². The van der Waals surface area contributed by atoms with Crippen molar-refractivity contribution in [1.29, 1.82) is 0 Å². The van der Waals surface area contributed by atoms with Gasteiger partial charge in [0.1, 0.15) is 5.69 Å². The molecule has 3 rings (SSSR count). The van der Waals surface area contributed by atoms with Crippen LogP contribution < -0.4 is 20.9 Å². The molecule has 51 heavy (non-hydrogen) atoms. The summed E-state index contributed by atoms with van der Waals surface area (Å²) in [5.41, 5.74) is 2.17. The molecule has 0 aliphatic heterocycles. The van der Waals surface area contributed by atoms with Crippen molar-refractivity contribution in [2.75, 3.05) is 57.7 Å². The summed E-state index contributed by atoms with van der Waals surface area (Å²) in [5, 5.41) is 28.6. The predicted octanol–water partition coefficient (Wildman–Crippen LogP) is 6.81. The van der Waals surface area contributed by atoms with Gasteiger partial charge in [-0.05, 0) is 62.8 Å². The van der Waals surface area contributed by atoms with Crippen molar-refractivity contribution in [2.24, 2.45) is 10.2 Å². The number of non-ortho nitro benzene ring substituents is 1. The highest BCUT2D eigenvalue weighted by molar-refractivity contribution is 7.21. The average Bonchev–Trinajstić information content (AvgIpc) is 3.52. The second kappa shape index (κ2) is 22.3. The average molecular weight is 727 g/mol. The summed E-state index contributed by atoms with van der Waals surface area (Å²) in [6.07, 6.45) is 6.55. The lowest BCUT2D eigenvalue weighted by Crippen LogP contribution is -2.26. The van der Waals surface area contributed by atoms with Crippen molar-refractivity contribution < 1.29 is 28.8 Å². The molecule has 0 radical (unpaired) electrons. The number of fused-ring (bicyclic) bond motifs is 1. The molecule has 16 heteroatoms. The van der Waals surface area contributed by atoms with Crippen molar-refractivity contribution in [2.45, 2.75) is 77.2 Å². The van der Waals surface area contributed by atoms with E-state index in [2.05, 4.69) is 38.1 Å². The minimum absolute atomic E-state index is 0.0211. The Morgan fingerprint density at radius 1 is 0.941 bits per heavy atom. The summed E-state index contributed by atoms with van der Waals surface area (Å²) in [4.78, 5) is 54.2. The molecule has 0 saturated heterocycles. The number of carbonyl (C=O) groups excluding carboxylic acids is 3. The van der Waals surface area contributed by atoms with Gasteiger partial charge >= 0.3 is 0 Å². The molecule has 3 N–H and O–H groups in total. The van der Waals surface area contributed by atoms with Crippen LogP contribution in [0, 0.1) is 10.1 Å². The zero-order valence-corrected chi connectivity index (χ0v) is 30.8. The van der Waals surface area contributed by atoms with Crippen molar-refractivity contribution in [3.63, 3.8) is 0 Å². The van der Waals surface area contributed by atoms with E-state index in [9.17, 15) is 24.5 Å². The number of rotatable bonds is 24. The van der Waals surface area contributed by atoms with Gasteiger partial charge in [-0.25, -0.2) is 4.98 Å². The van der Waals surface area contributed by atoms with E-state index in [1.54, 1.807) is 25.3 Å². The van der Waals surface area contributed by atoms with Crippen LogP contribution in [0.2, 0.25) is 0 Å². The summed E-state index contributed by atoms with van der Waals surface area (Å²) in [6, 6.07) is 9.70. The van der Waals surface area contributed by atoms with Gasteiger partial charge in [0.2, 0.25) is 22.9 Å². The number of methoxy groups -OCH3 is 1. The van der Waals surface area contributed by atoms with Gasteiger partial charge in [0.15, 0.2) is 0 Å². The third kappa shape index (κ3) is 15.1. The number of benzene rings is 2. The van der Waals surface area contributed by atoms with E-state index in [1.165, 1.54) is 23.5 Å². The molecular weight excluding hydrogens is 677 g/mol. The second-order valence-corrected chi connectivity index (χ2v) is 13.2. The molecule has 3 aromatic rings. The Hall–Kier alpha value is -4.54. The Morgan fingerprint density at radius 2 is 1.67 bits per heavy atom. The van der Waals surface area contributed by atoms with E-state index in [1.807, 2.05) is 25.1 Å². The van der Waals surface area contributed by atoms with Crippen LogP contribution in [0.5, 0.6) is 0 Å². The molecule has 3 amide bonds. The van der Waals surface area contributed by atoms with E-state index in [0.717, 1.165) is 57.2 Å². The third-order valence-electron chi connectivity index (χ3n) is 7.75. The number of azo groups is 1. The maximum atomic E-state index is 12.8. The van der Waals surface area contributed by atoms with Crippen molar-refractivity contribution in [3.8, 4) is 0 Å². The molecule has 0 spiro atoms. The van der Waals surface area contributed by atoms with Crippen LogP contribution in [-0.4, -0.2) is 81.2 Å². The minimum Gasteiger partial charge on any atom is -0.382 e. The van der Waals surface area contributed by atoms with Crippen LogP contribution in [0.3, 0.4) is 0 Å². The van der Waals surface area contributed by atoms with Gasteiger partial charge in [-0.2, -0.15) is 0 Å². The first-order valence-corrected chi connectivity index (χ1v) is 18.1. The highest BCUT2D eigenvalue weighted by Crippen LogP contribution is 2.34. The summed E-state index contributed by atoms with van der Waals surface area (Å²) < 4.78 is 11.6. The molecule has 15 nitrogen and oxygen atoms in total. The lowest BCUT2D eigenvalue weighted by Gasteiger charge is -2.16. The van der Waals surface area contributed by atoms with Crippen molar-refractivity contribution in [3.05, 3.63) is 46.5 Å². The second-order valence-electron chi connectivity index (χ2n) is 12.2. The number of nitrogens with zero attached hydrogens (tertiary/aromatic N) is 5. The number of amides is 3. The van der Waals surface area contributed by atoms with Crippen molar-refractivity contribution in [1.82, 2.24) is 15.6 Å². The van der Waals surface area contributed by atoms with Crippen LogP contribution in [0.1, 0.15) is 71.1 Å². The Kier molecular flexibility index (Phi) is 17.9. The van der Waals surface area contributed by atoms with Crippen LogP contribution in [0.25, 0.3) is 10.2 Å². The molecule has 0 saturated carbocycles. The standard InChI is InChI=1S/C35H50N8O7S/c1-5-21-50-27(24-49-4)11-8-10-20-36-32(44)12-7-6-9-19-37-33(45)17-18-34(46)38-30-22-25(42(2)3)13-15-28(30)40-41-35-39-29-16-14-26(43(47)48)23-31(29)51-35/h13-16,22-23,27H,5-12,17-21,24H2,1-4H3,(H,36,44)(H,37,45)(H,38,46). The van der Waals surface area contributed by atoms with Gasteiger partial charge in [0.05, 0.1) is 33.5 Å². The maximum absolute atomic E-state index is 12.8. The van der Waals surface area contributed by atoms with Gasteiger partial charge in [-0.15, -0.1) is 10.2 Å². The summed E-state index contributed by atoms with van der Waals surface area (Å²) in [7, 11) is 5.41. The number of hydrogen-bond acceptors (Lipinski definition) is 12. The number of nitro benzene ring substituents is 1. The Morgan fingerprint density at radius 3 is 2.37 bits per heavy atom. The molecule has 0 aliphatic carbocycles. The SMILES string of the molecule is CCCOC(CCCCNC(=O)CCCCCNC(=O)CCC(=O)Nc1cc(N(C)C)ccc1N=Nc1nc2ccc([N+](=O)[O-])cc2s1)COC.